The zero-order valence-corrected chi connectivity index (χ0v) is 6.52. The Balaban J connectivity index is 2.13. The Morgan fingerprint density at radius 2 is 2.10 bits per heavy atom. The summed E-state index contributed by atoms with van der Waals surface area (Å²) in [6.07, 6.45) is 6.91. The van der Waals surface area contributed by atoms with Crippen LogP contribution in [-0.2, 0) is 4.74 Å². The Labute approximate surface area is 62.1 Å². The zero-order valence-electron chi connectivity index (χ0n) is 6.52. The van der Waals surface area contributed by atoms with Gasteiger partial charge < -0.3 is 4.74 Å². The highest BCUT2D eigenvalue weighted by Gasteiger charge is 2.23. The molecule has 1 heterocycles. The topological polar surface area (TPSA) is 9.23 Å². The molecule has 0 spiro atoms. The Morgan fingerprint density at radius 3 is 2.90 bits per heavy atom. The molecular formula is C9H14O. The van der Waals surface area contributed by atoms with Gasteiger partial charge in [-0.3, -0.25) is 0 Å². The lowest BCUT2D eigenvalue weighted by Crippen LogP contribution is -1.97. The molecule has 0 saturated heterocycles. The van der Waals surface area contributed by atoms with Crippen molar-refractivity contribution in [2.75, 3.05) is 0 Å². The molecule has 0 bridgehead atoms. The van der Waals surface area contributed by atoms with Crippen LogP contribution in [0.5, 0.6) is 0 Å². The molecule has 0 fully saturated rings. The molecule has 1 nitrogen and oxygen atoms in total. The van der Waals surface area contributed by atoms with E-state index < -0.39 is 0 Å². The summed E-state index contributed by atoms with van der Waals surface area (Å²) in [6.45, 7) is 2.16. The molecule has 0 aromatic rings. The van der Waals surface area contributed by atoms with Crippen molar-refractivity contribution in [3.8, 4) is 0 Å². The lowest BCUT2D eigenvalue weighted by Gasteiger charge is -2.11. The Bertz CT molecular complexity index is 152. The van der Waals surface area contributed by atoms with Gasteiger partial charge in [0.15, 0.2) is 0 Å². The van der Waals surface area contributed by atoms with E-state index in [1.54, 1.807) is 5.57 Å². The Morgan fingerprint density at radius 1 is 1.30 bits per heavy atom. The Kier molecular flexibility index (Phi) is 1.44. The molecule has 1 atom stereocenters. The normalized spacial score (nSPS) is 31.9. The number of ether oxygens (including phenoxy) is 1. The van der Waals surface area contributed by atoms with Crippen LogP contribution in [0.3, 0.4) is 0 Å². The average molecular weight is 138 g/mol. The summed E-state index contributed by atoms with van der Waals surface area (Å²) in [5, 5.41) is 0. The maximum absolute atomic E-state index is 5.64. The summed E-state index contributed by atoms with van der Waals surface area (Å²) < 4.78 is 5.64. The molecule has 0 aromatic carbocycles. The van der Waals surface area contributed by atoms with E-state index in [0.29, 0.717) is 6.10 Å². The first-order valence-corrected chi connectivity index (χ1v) is 4.24. The van der Waals surface area contributed by atoms with E-state index in [9.17, 15) is 0 Å². The molecule has 0 radical (unpaired) electrons. The highest BCUT2D eigenvalue weighted by atomic mass is 16.5. The van der Waals surface area contributed by atoms with Crippen LogP contribution in [0.4, 0.5) is 0 Å². The van der Waals surface area contributed by atoms with Crippen LogP contribution in [0.15, 0.2) is 11.3 Å². The molecule has 10 heavy (non-hydrogen) atoms. The molecule has 1 unspecified atom stereocenters. The van der Waals surface area contributed by atoms with Gasteiger partial charge in [-0.2, -0.15) is 0 Å². The predicted molar refractivity (Wildman–Crippen MR) is 40.7 cm³/mol. The van der Waals surface area contributed by atoms with Crippen molar-refractivity contribution in [2.24, 2.45) is 0 Å². The lowest BCUT2D eigenvalue weighted by atomic mass is 9.96. The molecular weight excluding hydrogens is 124 g/mol. The standard InChI is InChI=1S/C9H14O/c1-7-6-8-4-2-3-5-9(8)10-7/h7H,2-6H2,1H3. The summed E-state index contributed by atoms with van der Waals surface area (Å²) in [7, 11) is 0. The maximum Gasteiger partial charge on any atom is 0.0992 e. The van der Waals surface area contributed by atoms with Crippen LogP contribution in [0.2, 0.25) is 0 Å². The zero-order chi connectivity index (χ0) is 6.97. The van der Waals surface area contributed by atoms with Crippen LogP contribution in [-0.4, -0.2) is 6.10 Å². The van der Waals surface area contributed by atoms with Crippen molar-refractivity contribution < 1.29 is 4.74 Å². The van der Waals surface area contributed by atoms with Crippen molar-refractivity contribution in [3.63, 3.8) is 0 Å². The molecule has 0 N–H and O–H groups in total. The van der Waals surface area contributed by atoms with Crippen LogP contribution < -0.4 is 0 Å². The highest BCUT2D eigenvalue weighted by Crippen LogP contribution is 2.35. The molecule has 0 amide bonds. The predicted octanol–water partition coefficient (Wildman–Crippen LogP) is 2.62. The minimum Gasteiger partial charge on any atom is -0.495 e. The first kappa shape index (κ1) is 6.26. The monoisotopic (exact) mass is 138 g/mol. The summed E-state index contributed by atoms with van der Waals surface area (Å²) in [4.78, 5) is 0. The molecule has 2 aliphatic rings. The first-order chi connectivity index (χ1) is 4.86. The Hall–Kier alpha value is -0.460. The molecule has 1 heteroatoms. The lowest BCUT2D eigenvalue weighted by molar-refractivity contribution is 0.151. The number of hydrogen-bond donors (Lipinski definition) is 0. The van der Waals surface area contributed by atoms with E-state index in [2.05, 4.69) is 6.92 Å². The minimum absolute atomic E-state index is 0.475. The fourth-order valence-corrected chi connectivity index (χ4v) is 1.93. The summed E-state index contributed by atoms with van der Waals surface area (Å²) >= 11 is 0. The number of allylic oxidation sites excluding steroid dienone is 1. The van der Waals surface area contributed by atoms with E-state index in [-0.39, 0.29) is 0 Å². The van der Waals surface area contributed by atoms with Crippen molar-refractivity contribution in [3.05, 3.63) is 11.3 Å². The molecule has 1 aliphatic carbocycles. The van der Waals surface area contributed by atoms with Gasteiger partial charge in [0.05, 0.1) is 11.9 Å². The van der Waals surface area contributed by atoms with Gasteiger partial charge in [-0.25, -0.2) is 0 Å². The van der Waals surface area contributed by atoms with Gasteiger partial charge in [0.25, 0.3) is 0 Å². The fraction of sp³-hybridized carbons (Fsp3) is 0.778. The molecule has 56 valence electrons. The van der Waals surface area contributed by atoms with E-state index in [1.165, 1.54) is 37.9 Å². The van der Waals surface area contributed by atoms with Crippen molar-refractivity contribution in [2.45, 2.75) is 45.1 Å². The van der Waals surface area contributed by atoms with E-state index in [0.717, 1.165) is 0 Å². The second-order valence-corrected chi connectivity index (χ2v) is 3.37. The second-order valence-electron chi connectivity index (χ2n) is 3.37. The maximum atomic E-state index is 5.64. The van der Waals surface area contributed by atoms with Gasteiger partial charge in [-0.05, 0) is 31.8 Å². The summed E-state index contributed by atoms with van der Waals surface area (Å²) in [5.74, 6) is 1.33. The third kappa shape index (κ3) is 0.938. The van der Waals surface area contributed by atoms with E-state index in [4.69, 9.17) is 4.74 Å². The van der Waals surface area contributed by atoms with Crippen LogP contribution in [0.1, 0.15) is 39.0 Å². The largest absolute Gasteiger partial charge is 0.495 e. The SMILES string of the molecule is CC1CC2=C(CCCC2)O1. The average Bonchev–Trinajstić information content (AvgIpc) is 2.27. The van der Waals surface area contributed by atoms with Gasteiger partial charge in [-0.1, -0.05) is 0 Å². The summed E-state index contributed by atoms with van der Waals surface area (Å²) in [6, 6.07) is 0. The van der Waals surface area contributed by atoms with Gasteiger partial charge in [0.1, 0.15) is 0 Å². The smallest absolute Gasteiger partial charge is 0.0992 e. The molecule has 0 saturated carbocycles. The first-order valence-electron chi connectivity index (χ1n) is 4.24. The van der Waals surface area contributed by atoms with Crippen molar-refractivity contribution in [1.29, 1.82) is 0 Å². The van der Waals surface area contributed by atoms with Gasteiger partial charge in [0.2, 0.25) is 0 Å². The third-order valence-electron chi connectivity index (χ3n) is 2.40. The molecule has 1 aliphatic heterocycles. The highest BCUT2D eigenvalue weighted by molar-refractivity contribution is 5.16. The number of rotatable bonds is 0. The van der Waals surface area contributed by atoms with E-state index >= 15 is 0 Å². The van der Waals surface area contributed by atoms with Gasteiger partial charge >= 0.3 is 0 Å². The van der Waals surface area contributed by atoms with Crippen molar-refractivity contribution >= 4 is 0 Å². The molecule has 2 rings (SSSR count). The van der Waals surface area contributed by atoms with E-state index in [1.807, 2.05) is 0 Å². The van der Waals surface area contributed by atoms with Crippen LogP contribution >= 0.6 is 0 Å². The fourth-order valence-electron chi connectivity index (χ4n) is 1.93. The van der Waals surface area contributed by atoms with Crippen molar-refractivity contribution in [1.82, 2.24) is 0 Å². The second kappa shape index (κ2) is 2.30. The van der Waals surface area contributed by atoms with Gasteiger partial charge in [-0.15, -0.1) is 0 Å². The molecule has 0 aromatic heterocycles. The number of hydrogen-bond acceptors (Lipinski definition) is 1. The van der Waals surface area contributed by atoms with Gasteiger partial charge in [0, 0.05) is 12.8 Å². The van der Waals surface area contributed by atoms with Crippen LogP contribution in [0, 0.1) is 0 Å². The van der Waals surface area contributed by atoms with Crippen LogP contribution in [0.25, 0.3) is 0 Å². The summed E-state index contributed by atoms with van der Waals surface area (Å²) in [5.41, 5.74) is 1.61. The quantitative estimate of drug-likeness (QED) is 0.500. The third-order valence-corrected chi connectivity index (χ3v) is 2.40. The minimum atomic E-state index is 0.475.